The van der Waals surface area contributed by atoms with Crippen LogP contribution < -0.4 is 5.32 Å². The lowest BCUT2D eigenvalue weighted by atomic mass is 9.85. The first-order valence-electron chi connectivity index (χ1n) is 12.5. The lowest BCUT2D eigenvalue weighted by Crippen LogP contribution is -2.28. The molecule has 0 aliphatic heterocycles. The molecule has 0 unspecified atom stereocenters. The van der Waals surface area contributed by atoms with Crippen molar-refractivity contribution in [2.24, 2.45) is 5.92 Å². The summed E-state index contributed by atoms with van der Waals surface area (Å²) >= 11 is 0. The number of imidazole rings is 1. The monoisotopic (exact) mass is 503 g/mol. The number of aromatic amines is 2. The van der Waals surface area contributed by atoms with Crippen LogP contribution in [-0.2, 0) is 4.79 Å². The van der Waals surface area contributed by atoms with Gasteiger partial charge in [0, 0.05) is 34.8 Å². The highest BCUT2D eigenvalue weighted by Crippen LogP contribution is 2.33. The number of pyridine rings is 2. The van der Waals surface area contributed by atoms with Crippen molar-refractivity contribution >= 4 is 33.7 Å². The van der Waals surface area contributed by atoms with Crippen molar-refractivity contribution in [3.8, 4) is 33.8 Å². The van der Waals surface area contributed by atoms with Crippen molar-refractivity contribution in [1.29, 1.82) is 0 Å². The van der Waals surface area contributed by atoms with E-state index in [0.717, 1.165) is 52.4 Å². The summed E-state index contributed by atoms with van der Waals surface area (Å²) in [6.45, 7) is 0. The number of fused-ring (bicyclic) bond motifs is 2. The number of halogens is 1. The van der Waals surface area contributed by atoms with Gasteiger partial charge in [-0.15, -0.1) is 0 Å². The molecule has 0 bridgehead atoms. The molecule has 1 aliphatic carbocycles. The molecule has 0 saturated heterocycles. The average molecular weight is 504 g/mol. The Morgan fingerprint density at radius 2 is 1.92 bits per heavy atom. The first kappa shape index (κ1) is 22.3. The maximum atomic E-state index is 13.9. The van der Waals surface area contributed by atoms with Crippen LogP contribution in [-0.4, -0.2) is 36.0 Å². The molecule has 0 spiro atoms. The summed E-state index contributed by atoms with van der Waals surface area (Å²) < 4.78 is 13.9. The third kappa shape index (κ3) is 3.88. The van der Waals surface area contributed by atoms with Crippen LogP contribution in [0.1, 0.15) is 19.3 Å². The zero-order valence-electron chi connectivity index (χ0n) is 20.2. The van der Waals surface area contributed by atoms with E-state index in [2.05, 4.69) is 30.5 Å². The van der Waals surface area contributed by atoms with E-state index in [0.29, 0.717) is 28.4 Å². The first-order chi connectivity index (χ1) is 18.6. The zero-order valence-corrected chi connectivity index (χ0v) is 20.2. The Morgan fingerprint density at radius 3 is 2.76 bits per heavy atom. The van der Waals surface area contributed by atoms with Gasteiger partial charge in [-0.05, 0) is 60.4 Å². The summed E-state index contributed by atoms with van der Waals surface area (Å²) in [5.41, 5.74) is 6.76. The number of nitrogens with zero attached hydrogens (tertiary/aromatic N) is 4. The summed E-state index contributed by atoms with van der Waals surface area (Å²) in [7, 11) is 0. The highest BCUT2D eigenvalue weighted by molar-refractivity contribution is 5.98. The summed E-state index contributed by atoms with van der Waals surface area (Å²) in [4.78, 5) is 29.2. The number of amides is 1. The van der Waals surface area contributed by atoms with Gasteiger partial charge in [-0.2, -0.15) is 5.10 Å². The number of anilines is 1. The van der Waals surface area contributed by atoms with E-state index in [1.54, 1.807) is 24.7 Å². The molecular formula is C29H22FN7O. The zero-order chi connectivity index (χ0) is 25.6. The van der Waals surface area contributed by atoms with Crippen molar-refractivity contribution < 1.29 is 9.18 Å². The smallest absolute Gasteiger partial charge is 0.227 e. The number of rotatable bonds is 5. The molecule has 0 atom stereocenters. The fourth-order valence-corrected chi connectivity index (χ4v) is 4.87. The largest absolute Gasteiger partial charge is 0.335 e. The Labute approximate surface area is 216 Å². The highest BCUT2D eigenvalue weighted by Gasteiger charge is 2.25. The van der Waals surface area contributed by atoms with E-state index >= 15 is 0 Å². The van der Waals surface area contributed by atoms with Crippen LogP contribution in [0.3, 0.4) is 0 Å². The Balaban J connectivity index is 1.26. The molecule has 186 valence electrons. The number of hydrogen-bond donors (Lipinski definition) is 3. The SMILES string of the molecule is O=C(Nc1cncc(-c2ccc3[nH]nc(-c4nc5nccc(-c6cccc(F)c6)c5[nH]4)c3c2)c1)C1CCC1. The van der Waals surface area contributed by atoms with E-state index in [1.165, 1.54) is 12.1 Å². The number of nitrogens with one attached hydrogen (secondary N) is 3. The molecule has 1 saturated carbocycles. The summed E-state index contributed by atoms with van der Waals surface area (Å²) in [5, 5.41) is 11.5. The van der Waals surface area contributed by atoms with E-state index in [1.807, 2.05) is 36.4 Å². The molecular weight excluding hydrogens is 481 g/mol. The van der Waals surface area contributed by atoms with Gasteiger partial charge in [0.25, 0.3) is 0 Å². The molecule has 1 amide bonds. The van der Waals surface area contributed by atoms with Gasteiger partial charge in [-0.3, -0.25) is 14.9 Å². The lowest BCUT2D eigenvalue weighted by Gasteiger charge is -2.24. The number of carbonyl (C=O) groups excluding carboxylic acids is 1. The van der Waals surface area contributed by atoms with E-state index < -0.39 is 0 Å². The molecule has 4 heterocycles. The fraction of sp³-hybridized carbons (Fsp3) is 0.138. The van der Waals surface area contributed by atoms with Crippen molar-refractivity contribution in [2.75, 3.05) is 5.32 Å². The molecule has 9 heteroatoms. The third-order valence-electron chi connectivity index (χ3n) is 7.13. The minimum Gasteiger partial charge on any atom is -0.335 e. The van der Waals surface area contributed by atoms with Crippen molar-refractivity contribution in [3.63, 3.8) is 0 Å². The average Bonchev–Trinajstić information content (AvgIpc) is 3.51. The predicted octanol–water partition coefficient (Wildman–Crippen LogP) is 6.11. The highest BCUT2D eigenvalue weighted by atomic mass is 19.1. The summed E-state index contributed by atoms with van der Waals surface area (Å²) in [6.07, 6.45) is 8.10. The number of H-pyrrole nitrogens is 2. The molecule has 6 aromatic rings. The van der Waals surface area contributed by atoms with Crippen molar-refractivity contribution in [1.82, 2.24) is 30.1 Å². The van der Waals surface area contributed by atoms with E-state index in [4.69, 9.17) is 4.98 Å². The minimum atomic E-state index is -0.306. The van der Waals surface area contributed by atoms with Crippen LogP contribution in [0.25, 0.3) is 55.8 Å². The second kappa shape index (κ2) is 8.88. The lowest BCUT2D eigenvalue weighted by molar-refractivity contribution is -0.122. The topological polar surface area (TPSA) is 112 Å². The Kier molecular flexibility index (Phi) is 5.21. The molecule has 2 aromatic carbocycles. The molecule has 7 rings (SSSR count). The van der Waals surface area contributed by atoms with Gasteiger partial charge in [0.15, 0.2) is 11.5 Å². The Morgan fingerprint density at radius 1 is 1.00 bits per heavy atom. The van der Waals surface area contributed by atoms with Gasteiger partial charge < -0.3 is 10.3 Å². The van der Waals surface area contributed by atoms with Gasteiger partial charge in [-0.25, -0.2) is 14.4 Å². The fourth-order valence-electron chi connectivity index (χ4n) is 4.87. The van der Waals surface area contributed by atoms with Crippen LogP contribution >= 0.6 is 0 Å². The van der Waals surface area contributed by atoms with Crippen LogP contribution in [0.5, 0.6) is 0 Å². The van der Waals surface area contributed by atoms with Gasteiger partial charge in [0.1, 0.15) is 11.5 Å². The third-order valence-corrected chi connectivity index (χ3v) is 7.13. The maximum absolute atomic E-state index is 13.9. The van der Waals surface area contributed by atoms with Crippen LogP contribution in [0, 0.1) is 11.7 Å². The Bertz CT molecular complexity index is 1840. The molecule has 4 aromatic heterocycles. The molecule has 8 nitrogen and oxygen atoms in total. The number of carbonyl (C=O) groups is 1. The second-order valence-electron chi connectivity index (χ2n) is 9.56. The van der Waals surface area contributed by atoms with Crippen molar-refractivity contribution in [2.45, 2.75) is 19.3 Å². The normalized spacial score (nSPS) is 13.6. The van der Waals surface area contributed by atoms with E-state index in [9.17, 15) is 9.18 Å². The number of aromatic nitrogens is 6. The van der Waals surface area contributed by atoms with E-state index in [-0.39, 0.29) is 17.6 Å². The van der Waals surface area contributed by atoms with Gasteiger partial charge in [0.05, 0.1) is 22.9 Å². The maximum Gasteiger partial charge on any atom is 0.227 e. The summed E-state index contributed by atoms with van der Waals surface area (Å²) in [5.74, 6) is 0.403. The van der Waals surface area contributed by atoms with Gasteiger partial charge >= 0.3 is 0 Å². The standard InChI is InChI=1S/C29H22FN7O/c30-20-6-2-5-18(11-20)22-9-10-32-27-25(22)34-28(35-27)26-23-13-17(7-8-24(23)36-37-26)19-12-21(15-31-14-19)33-29(38)16-3-1-4-16/h2,5-16H,1,3-4H2,(H,33,38)(H,36,37)(H,32,34,35). The van der Waals surface area contributed by atoms with Gasteiger partial charge in [-0.1, -0.05) is 24.6 Å². The van der Waals surface area contributed by atoms with Crippen molar-refractivity contribution in [3.05, 3.63) is 79.0 Å². The summed E-state index contributed by atoms with van der Waals surface area (Å²) in [6, 6.07) is 16.2. The quantitative estimate of drug-likeness (QED) is 0.263. The number of hydrogen-bond acceptors (Lipinski definition) is 5. The van der Waals surface area contributed by atoms with Crippen LogP contribution in [0.15, 0.2) is 73.2 Å². The minimum absolute atomic E-state index is 0.0545. The Hall–Kier alpha value is -4.92. The first-order valence-corrected chi connectivity index (χ1v) is 12.5. The number of benzene rings is 2. The predicted molar refractivity (Wildman–Crippen MR) is 144 cm³/mol. The molecule has 1 fully saturated rings. The molecule has 38 heavy (non-hydrogen) atoms. The molecule has 1 aliphatic rings. The van der Waals surface area contributed by atoms with Crippen LogP contribution in [0.4, 0.5) is 10.1 Å². The second-order valence-corrected chi connectivity index (χ2v) is 9.56. The van der Waals surface area contributed by atoms with Crippen LogP contribution in [0.2, 0.25) is 0 Å². The molecule has 3 N–H and O–H groups in total. The van der Waals surface area contributed by atoms with Gasteiger partial charge in [0.2, 0.25) is 5.91 Å². The molecule has 0 radical (unpaired) electrons.